The summed E-state index contributed by atoms with van der Waals surface area (Å²) in [6.07, 6.45) is 6.50. The van der Waals surface area contributed by atoms with Gasteiger partial charge in [0.15, 0.2) is 0 Å². The van der Waals surface area contributed by atoms with E-state index < -0.39 is 0 Å². The van der Waals surface area contributed by atoms with Crippen LogP contribution in [0.5, 0.6) is 0 Å². The summed E-state index contributed by atoms with van der Waals surface area (Å²) in [5.41, 5.74) is 6.12. The Morgan fingerprint density at radius 1 is 0.964 bits per heavy atom. The standard InChI is InChI=1S/C25H26N2O/c1-17(18-10-4-3-5-11-18)27-24(20-13-6-7-14-21(20)25(27)28)22-16-26(2)23-15-9-8-12-19(22)23/h3-5,8-12,15-17,24H,6-7,13-14H2,1-2H3/t17-,24-/m1/s1. The molecule has 3 nitrogen and oxygen atoms in total. The van der Waals surface area contributed by atoms with Crippen molar-refractivity contribution in [1.82, 2.24) is 9.47 Å². The number of aryl methyl sites for hydroxylation is 1. The molecule has 0 unspecified atom stereocenters. The Labute approximate surface area is 166 Å². The van der Waals surface area contributed by atoms with Crippen molar-refractivity contribution in [2.45, 2.75) is 44.7 Å². The van der Waals surface area contributed by atoms with Crippen LogP contribution in [0.4, 0.5) is 0 Å². The van der Waals surface area contributed by atoms with Crippen LogP contribution in [0.2, 0.25) is 0 Å². The number of hydrogen-bond donors (Lipinski definition) is 0. The minimum Gasteiger partial charge on any atom is -0.350 e. The summed E-state index contributed by atoms with van der Waals surface area (Å²) in [5.74, 6) is 0.240. The van der Waals surface area contributed by atoms with E-state index in [2.05, 4.69) is 78.2 Å². The predicted molar refractivity (Wildman–Crippen MR) is 113 cm³/mol. The molecule has 2 aromatic carbocycles. The minimum atomic E-state index is 0.0447. The number of benzene rings is 2. The van der Waals surface area contributed by atoms with Gasteiger partial charge in [-0.25, -0.2) is 0 Å². The SMILES string of the molecule is C[C@H](c1ccccc1)N1C(=O)C2=C(CCCC2)[C@@H]1c1cn(C)c2ccccc12. The zero-order chi connectivity index (χ0) is 19.3. The van der Waals surface area contributed by atoms with Gasteiger partial charge < -0.3 is 9.47 Å². The maximum absolute atomic E-state index is 13.5. The van der Waals surface area contributed by atoms with E-state index in [4.69, 9.17) is 0 Å². The maximum atomic E-state index is 13.5. The van der Waals surface area contributed by atoms with E-state index in [0.717, 1.165) is 24.8 Å². The van der Waals surface area contributed by atoms with Crippen LogP contribution in [0.1, 0.15) is 55.8 Å². The molecule has 142 valence electrons. The second-order valence-electron chi connectivity index (χ2n) is 8.13. The highest BCUT2D eigenvalue weighted by atomic mass is 16.2. The van der Waals surface area contributed by atoms with Crippen LogP contribution >= 0.6 is 0 Å². The van der Waals surface area contributed by atoms with Gasteiger partial charge in [-0.1, -0.05) is 48.5 Å². The van der Waals surface area contributed by atoms with Crippen molar-refractivity contribution in [2.75, 3.05) is 0 Å². The van der Waals surface area contributed by atoms with Crippen LogP contribution in [0.25, 0.3) is 10.9 Å². The van der Waals surface area contributed by atoms with E-state index in [1.165, 1.54) is 34.0 Å². The highest BCUT2D eigenvalue weighted by Crippen LogP contribution is 2.49. The lowest BCUT2D eigenvalue weighted by atomic mass is 9.87. The van der Waals surface area contributed by atoms with Gasteiger partial charge in [-0.05, 0) is 49.8 Å². The Morgan fingerprint density at radius 3 is 2.50 bits per heavy atom. The van der Waals surface area contributed by atoms with Gasteiger partial charge in [0.05, 0.1) is 12.1 Å². The Kier molecular flexibility index (Phi) is 4.12. The smallest absolute Gasteiger partial charge is 0.251 e. The Balaban J connectivity index is 1.69. The fourth-order valence-corrected chi connectivity index (χ4v) is 5.14. The van der Waals surface area contributed by atoms with Crippen LogP contribution in [-0.4, -0.2) is 15.4 Å². The summed E-state index contributed by atoms with van der Waals surface area (Å²) in [4.78, 5) is 15.7. The molecule has 28 heavy (non-hydrogen) atoms. The second-order valence-corrected chi connectivity index (χ2v) is 8.13. The monoisotopic (exact) mass is 370 g/mol. The fourth-order valence-electron chi connectivity index (χ4n) is 5.14. The molecule has 5 rings (SSSR count). The fraction of sp³-hybridized carbons (Fsp3) is 0.320. The number of rotatable bonds is 3. The summed E-state index contributed by atoms with van der Waals surface area (Å²) < 4.78 is 2.20. The van der Waals surface area contributed by atoms with E-state index in [1.807, 2.05) is 6.07 Å². The molecule has 0 bridgehead atoms. The highest BCUT2D eigenvalue weighted by Gasteiger charge is 2.43. The van der Waals surface area contributed by atoms with Crippen LogP contribution in [0.15, 0.2) is 71.9 Å². The molecule has 3 aromatic rings. The summed E-state index contributed by atoms with van der Waals surface area (Å²) in [7, 11) is 2.10. The number of carbonyl (C=O) groups excluding carboxylic acids is 1. The lowest BCUT2D eigenvalue weighted by Crippen LogP contribution is -2.33. The van der Waals surface area contributed by atoms with E-state index in [1.54, 1.807) is 0 Å². The molecule has 0 radical (unpaired) electrons. The highest BCUT2D eigenvalue weighted by molar-refractivity contribution is 5.99. The van der Waals surface area contributed by atoms with Crippen LogP contribution in [0, 0.1) is 0 Å². The number of para-hydroxylation sites is 1. The topological polar surface area (TPSA) is 25.2 Å². The van der Waals surface area contributed by atoms with E-state index >= 15 is 0 Å². The van der Waals surface area contributed by atoms with Gasteiger partial charge >= 0.3 is 0 Å². The Hall–Kier alpha value is -2.81. The number of aromatic nitrogens is 1. The average molecular weight is 370 g/mol. The van der Waals surface area contributed by atoms with Crippen molar-refractivity contribution in [2.24, 2.45) is 7.05 Å². The van der Waals surface area contributed by atoms with Crippen molar-refractivity contribution in [3.63, 3.8) is 0 Å². The van der Waals surface area contributed by atoms with Crippen molar-refractivity contribution < 1.29 is 4.79 Å². The first-order valence-corrected chi connectivity index (χ1v) is 10.3. The van der Waals surface area contributed by atoms with Crippen LogP contribution < -0.4 is 0 Å². The molecule has 2 aliphatic rings. The molecule has 3 heteroatoms. The molecule has 2 heterocycles. The summed E-state index contributed by atoms with van der Waals surface area (Å²) in [6, 6.07) is 19.1. The third-order valence-electron chi connectivity index (χ3n) is 6.53. The first kappa shape index (κ1) is 17.3. The molecule has 0 saturated heterocycles. The molecule has 0 fully saturated rings. The predicted octanol–water partition coefficient (Wildman–Crippen LogP) is 5.69. The van der Waals surface area contributed by atoms with E-state index in [0.29, 0.717) is 0 Å². The maximum Gasteiger partial charge on any atom is 0.251 e. The summed E-state index contributed by atoms with van der Waals surface area (Å²) in [6.45, 7) is 2.17. The van der Waals surface area contributed by atoms with Crippen molar-refractivity contribution in [3.8, 4) is 0 Å². The number of nitrogens with zero attached hydrogens (tertiary/aromatic N) is 2. The Morgan fingerprint density at radius 2 is 1.68 bits per heavy atom. The molecule has 1 aromatic heterocycles. The zero-order valence-electron chi connectivity index (χ0n) is 16.6. The first-order valence-electron chi connectivity index (χ1n) is 10.3. The molecular formula is C25H26N2O. The average Bonchev–Trinajstić information content (AvgIpc) is 3.23. The normalized spacial score (nSPS) is 20.7. The number of carbonyl (C=O) groups is 1. The van der Waals surface area contributed by atoms with Crippen LogP contribution in [0.3, 0.4) is 0 Å². The van der Waals surface area contributed by atoms with Crippen molar-refractivity contribution in [1.29, 1.82) is 0 Å². The molecule has 1 amide bonds. The quantitative estimate of drug-likeness (QED) is 0.581. The molecule has 1 aliphatic heterocycles. The minimum absolute atomic E-state index is 0.0447. The van der Waals surface area contributed by atoms with Gasteiger partial charge in [-0.15, -0.1) is 0 Å². The third kappa shape index (κ3) is 2.53. The molecule has 2 atom stereocenters. The van der Waals surface area contributed by atoms with Crippen molar-refractivity contribution >= 4 is 16.8 Å². The molecule has 0 N–H and O–H groups in total. The summed E-state index contributed by atoms with van der Waals surface area (Å²) in [5, 5.41) is 1.26. The van der Waals surface area contributed by atoms with Gasteiger partial charge in [-0.2, -0.15) is 0 Å². The molecular weight excluding hydrogens is 344 g/mol. The Bertz CT molecular complexity index is 1080. The van der Waals surface area contributed by atoms with E-state index in [9.17, 15) is 4.79 Å². The van der Waals surface area contributed by atoms with Gasteiger partial charge in [0, 0.05) is 35.3 Å². The lowest BCUT2D eigenvalue weighted by molar-refractivity contribution is -0.129. The number of hydrogen-bond acceptors (Lipinski definition) is 1. The van der Waals surface area contributed by atoms with Gasteiger partial charge in [-0.3, -0.25) is 4.79 Å². The largest absolute Gasteiger partial charge is 0.350 e. The van der Waals surface area contributed by atoms with Gasteiger partial charge in [0.25, 0.3) is 5.91 Å². The van der Waals surface area contributed by atoms with Crippen LogP contribution in [-0.2, 0) is 11.8 Å². The zero-order valence-corrected chi connectivity index (χ0v) is 16.6. The summed E-state index contributed by atoms with van der Waals surface area (Å²) >= 11 is 0. The third-order valence-corrected chi connectivity index (χ3v) is 6.53. The molecule has 0 spiro atoms. The second kappa shape index (κ2) is 6.66. The van der Waals surface area contributed by atoms with Crippen molar-refractivity contribution in [3.05, 3.63) is 83.1 Å². The number of amides is 1. The van der Waals surface area contributed by atoms with E-state index in [-0.39, 0.29) is 18.0 Å². The molecule has 0 saturated carbocycles. The molecule has 1 aliphatic carbocycles. The number of fused-ring (bicyclic) bond motifs is 1. The lowest BCUT2D eigenvalue weighted by Gasteiger charge is -2.33. The van der Waals surface area contributed by atoms with Gasteiger partial charge in [0.2, 0.25) is 0 Å². The first-order chi connectivity index (χ1) is 13.7. The van der Waals surface area contributed by atoms with Gasteiger partial charge in [0.1, 0.15) is 0 Å².